The number of aliphatic hydroxyl groups excluding tert-OH is 8. The van der Waals surface area contributed by atoms with Crippen molar-refractivity contribution in [3.63, 3.8) is 0 Å². The molecule has 2 heterocycles. The molecule has 12 atom stereocenters. The van der Waals surface area contributed by atoms with Crippen LogP contribution in [0, 0.1) is 0 Å². The minimum absolute atomic E-state index is 0.332. The van der Waals surface area contributed by atoms with Crippen LogP contribution in [0.25, 0.3) is 0 Å². The van der Waals surface area contributed by atoms with Crippen molar-refractivity contribution in [3.8, 4) is 0 Å². The van der Waals surface area contributed by atoms with Crippen LogP contribution in [0.2, 0.25) is 0 Å². The van der Waals surface area contributed by atoms with Gasteiger partial charge in [0.2, 0.25) is 5.91 Å². The molecule has 14 heteroatoms. The summed E-state index contributed by atoms with van der Waals surface area (Å²) in [5.74, 6) is -0.436. The number of hydrogen-bond donors (Lipinski definition) is 9. The topological polar surface area (TPSA) is 228 Å². The lowest BCUT2D eigenvalue weighted by Crippen LogP contribution is -2.65. The van der Waals surface area contributed by atoms with Gasteiger partial charge in [0, 0.05) is 6.92 Å². The van der Waals surface area contributed by atoms with E-state index in [-0.39, 0.29) is 6.61 Å². The van der Waals surface area contributed by atoms with E-state index in [1.54, 1.807) is 6.08 Å². The Morgan fingerprint density at radius 1 is 0.778 bits per heavy atom. The Bertz CT molecular complexity index is 914. The molecule has 14 nitrogen and oxygen atoms in total. The lowest BCUT2D eigenvalue weighted by Gasteiger charge is -2.46. The van der Waals surface area contributed by atoms with Gasteiger partial charge in [-0.2, -0.15) is 0 Å². The van der Waals surface area contributed by atoms with Crippen molar-refractivity contribution in [2.24, 2.45) is 0 Å². The fourth-order valence-electron chi connectivity index (χ4n) is 4.93. The molecule has 2 aliphatic rings. The number of carbonyl (C=O) groups excluding carboxylic acids is 1. The van der Waals surface area contributed by atoms with Crippen LogP contribution in [0.5, 0.6) is 0 Å². The maximum atomic E-state index is 11.8. The van der Waals surface area contributed by atoms with E-state index in [1.165, 1.54) is 25.8 Å². The first kappa shape index (κ1) is 39.4. The number of allylic oxidation sites excluding steroid dienone is 5. The Hall–Kier alpha value is -1.79. The number of aliphatic hydroxyl groups is 8. The predicted octanol–water partition coefficient (Wildman–Crippen LogP) is -1.09. The molecule has 45 heavy (non-hydrogen) atoms. The third-order valence-corrected chi connectivity index (χ3v) is 7.59. The Balaban J connectivity index is 1.90. The molecule has 2 aliphatic heterocycles. The van der Waals surface area contributed by atoms with E-state index in [9.17, 15) is 45.6 Å². The van der Waals surface area contributed by atoms with E-state index in [2.05, 4.69) is 36.5 Å². The average molecular weight is 648 g/mol. The van der Waals surface area contributed by atoms with Gasteiger partial charge in [0.15, 0.2) is 12.6 Å². The van der Waals surface area contributed by atoms with Crippen molar-refractivity contribution in [1.29, 1.82) is 0 Å². The van der Waals surface area contributed by atoms with Gasteiger partial charge in [0.1, 0.15) is 48.8 Å². The van der Waals surface area contributed by atoms with Gasteiger partial charge in [-0.25, -0.2) is 0 Å². The molecule has 9 N–H and O–H groups in total. The molecule has 0 saturated carbocycles. The molecule has 0 aromatic rings. The molecule has 2 rings (SSSR count). The zero-order chi connectivity index (χ0) is 33.4. The van der Waals surface area contributed by atoms with E-state index in [1.807, 2.05) is 0 Å². The van der Waals surface area contributed by atoms with Crippen LogP contribution in [0.4, 0.5) is 0 Å². The molecule has 0 spiro atoms. The SMILES string of the molecule is CCCC/C=C/CC/C=C/CC/C=C/C(O)C(COC1OC(CO)C(OC2OC(CO)C(O)C(O)C2O)C(O)C1O)NC(C)=O. The number of ether oxygens (including phenoxy) is 4. The number of carbonyl (C=O) groups is 1. The highest BCUT2D eigenvalue weighted by molar-refractivity contribution is 5.73. The summed E-state index contributed by atoms with van der Waals surface area (Å²) in [6.07, 6.45) is 1.78. The van der Waals surface area contributed by atoms with E-state index >= 15 is 0 Å². The van der Waals surface area contributed by atoms with Gasteiger partial charge in [-0.15, -0.1) is 0 Å². The first-order chi connectivity index (χ1) is 21.5. The highest BCUT2D eigenvalue weighted by Gasteiger charge is 2.50. The van der Waals surface area contributed by atoms with Crippen LogP contribution in [-0.2, 0) is 23.7 Å². The third kappa shape index (κ3) is 12.7. The highest BCUT2D eigenvalue weighted by atomic mass is 16.7. The highest BCUT2D eigenvalue weighted by Crippen LogP contribution is 2.29. The molecule has 0 bridgehead atoms. The maximum absolute atomic E-state index is 11.8. The summed E-state index contributed by atoms with van der Waals surface area (Å²) in [5.41, 5.74) is 0. The zero-order valence-electron chi connectivity index (χ0n) is 26.1. The minimum atomic E-state index is -1.79. The summed E-state index contributed by atoms with van der Waals surface area (Å²) in [6.45, 7) is 1.67. The lowest BCUT2D eigenvalue weighted by atomic mass is 9.97. The molecule has 1 amide bonds. The number of amides is 1. The molecule has 0 aromatic heterocycles. The number of nitrogens with one attached hydrogen (secondary N) is 1. The maximum Gasteiger partial charge on any atom is 0.217 e. The molecule has 12 unspecified atom stereocenters. The monoisotopic (exact) mass is 647 g/mol. The van der Waals surface area contributed by atoms with Crippen LogP contribution in [-0.4, -0.2) is 140 Å². The lowest BCUT2D eigenvalue weighted by molar-refractivity contribution is -0.359. The predicted molar refractivity (Wildman–Crippen MR) is 161 cm³/mol. The van der Waals surface area contributed by atoms with Gasteiger partial charge >= 0.3 is 0 Å². The second-order valence-electron chi connectivity index (χ2n) is 11.3. The Labute approximate surface area is 264 Å². The molecule has 260 valence electrons. The molecular weight excluding hydrogens is 594 g/mol. The second kappa shape index (κ2) is 21.2. The Kier molecular flexibility index (Phi) is 18.5. The Morgan fingerprint density at radius 2 is 1.33 bits per heavy atom. The van der Waals surface area contributed by atoms with Crippen LogP contribution in [0.15, 0.2) is 36.5 Å². The first-order valence-corrected chi connectivity index (χ1v) is 15.7. The molecule has 2 saturated heterocycles. The van der Waals surface area contributed by atoms with Gasteiger partial charge in [0.25, 0.3) is 0 Å². The number of unbranched alkanes of at least 4 members (excludes halogenated alkanes) is 4. The van der Waals surface area contributed by atoms with Gasteiger partial charge in [-0.05, 0) is 32.1 Å². The second-order valence-corrected chi connectivity index (χ2v) is 11.3. The standard InChI is InChI=1S/C31H53NO13/c1-3-4-5-6-7-8-9-10-11-12-13-14-15-21(36)20(32-19(2)35)18-42-30-28(41)26(39)29(23(17-34)44-30)45-31-27(40)25(38)24(37)22(16-33)43-31/h6-7,10-11,14-15,20-31,33-34,36-41H,3-5,8-9,12-13,16-18H2,1-2H3,(H,32,35)/b7-6+,11-10+,15-14+. The average Bonchev–Trinajstić information content (AvgIpc) is 3.02. The summed E-state index contributed by atoms with van der Waals surface area (Å²) in [6, 6.07) is -0.933. The molecule has 0 aliphatic carbocycles. The largest absolute Gasteiger partial charge is 0.394 e. The van der Waals surface area contributed by atoms with Crippen LogP contribution >= 0.6 is 0 Å². The van der Waals surface area contributed by atoms with E-state index < -0.39 is 92.7 Å². The summed E-state index contributed by atoms with van der Waals surface area (Å²) in [5, 5.41) is 84.3. The van der Waals surface area contributed by atoms with Gasteiger partial charge in [-0.3, -0.25) is 4.79 Å². The minimum Gasteiger partial charge on any atom is -0.394 e. The quantitative estimate of drug-likeness (QED) is 0.0601. The zero-order valence-corrected chi connectivity index (χ0v) is 26.1. The van der Waals surface area contributed by atoms with Crippen molar-refractivity contribution in [2.75, 3.05) is 19.8 Å². The fourth-order valence-corrected chi connectivity index (χ4v) is 4.93. The summed E-state index contributed by atoms with van der Waals surface area (Å²) in [7, 11) is 0. The third-order valence-electron chi connectivity index (χ3n) is 7.59. The van der Waals surface area contributed by atoms with Crippen molar-refractivity contribution in [3.05, 3.63) is 36.5 Å². The van der Waals surface area contributed by atoms with Crippen LogP contribution in [0.3, 0.4) is 0 Å². The molecule has 0 aromatic carbocycles. The van der Waals surface area contributed by atoms with Crippen LogP contribution < -0.4 is 5.32 Å². The van der Waals surface area contributed by atoms with Gasteiger partial charge in [0.05, 0.1) is 32.0 Å². The van der Waals surface area contributed by atoms with Crippen LogP contribution in [0.1, 0.15) is 58.8 Å². The van der Waals surface area contributed by atoms with E-state index in [0.29, 0.717) is 6.42 Å². The van der Waals surface area contributed by atoms with Gasteiger partial charge in [-0.1, -0.05) is 56.2 Å². The van der Waals surface area contributed by atoms with Crippen molar-refractivity contribution >= 4 is 5.91 Å². The normalized spacial score (nSPS) is 34.1. The Morgan fingerprint density at radius 3 is 1.91 bits per heavy atom. The summed E-state index contributed by atoms with van der Waals surface area (Å²) >= 11 is 0. The van der Waals surface area contributed by atoms with E-state index in [0.717, 1.165) is 25.7 Å². The molecule has 0 radical (unpaired) electrons. The number of rotatable bonds is 19. The fraction of sp³-hybridized carbons (Fsp3) is 0.774. The van der Waals surface area contributed by atoms with E-state index in [4.69, 9.17) is 18.9 Å². The number of hydrogen-bond acceptors (Lipinski definition) is 13. The summed E-state index contributed by atoms with van der Waals surface area (Å²) < 4.78 is 22.0. The molecule has 2 fully saturated rings. The van der Waals surface area contributed by atoms with Crippen molar-refractivity contribution in [1.82, 2.24) is 5.32 Å². The van der Waals surface area contributed by atoms with Crippen molar-refractivity contribution < 1.29 is 64.6 Å². The van der Waals surface area contributed by atoms with Gasteiger partial charge < -0.3 is 65.1 Å². The smallest absolute Gasteiger partial charge is 0.217 e. The molecular formula is C31H53NO13. The van der Waals surface area contributed by atoms with Crippen molar-refractivity contribution in [2.45, 2.75) is 132 Å². The first-order valence-electron chi connectivity index (χ1n) is 15.7. The summed E-state index contributed by atoms with van der Waals surface area (Å²) in [4.78, 5) is 11.8.